The van der Waals surface area contributed by atoms with Crippen molar-refractivity contribution < 1.29 is 18.0 Å². The molecule has 3 rings (SSSR count). The maximum Gasteiger partial charge on any atom is 0.241 e. The van der Waals surface area contributed by atoms with Gasteiger partial charge in [-0.2, -0.15) is 0 Å². The molecule has 0 atom stereocenters. The van der Waals surface area contributed by atoms with E-state index in [0.717, 1.165) is 49.8 Å². The first kappa shape index (κ1) is 19.8. The maximum atomic E-state index is 12.6. The SMILES string of the molecule is CC(=O)N1CCCc2cc(S(=O)(=O)NCC(=O)NC3CCCCC3)ccc21. The molecule has 1 aromatic carbocycles. The fourth-order valence-electron chi connectivity index (χ4n) is 3.84. The van der Waals surface area contributed by atoms with Crippen LogP contribution in [0, 0.1) is 0 Å². The number of amides is 2. The Hall–Kier alpha value is -1.93. The Morgan fingerprint density at radius 3 is 2.59 bits per heavy atom. The van der Waals surface area contributed by atoms with Gasteiger partial charge in [-0.1, -0.05) is 19.3 Å². The molecule has 1 aliphatic heterocycles. The molecule has 0 saturated heterocycles. The van der Waals surface area contributed by atoms with E-state index in [1.807, 2.05) is 0 Å². The van der Waals surface area contributed by atoms with Crippen molar-refractivity contribution >= 4 is 27.5 Å². The highest BCUT2D eigenvalue weighted by Gasteiger charge is 2.24. The number of fused-ring (bicyclic) bond motifs is 1. The van der Waals surface area contributed by atoms with Crippen molar-refractivity contribution in [1.82, 2.24) is 10.0 Å². The van der Waals surface area contributed by atoms with Gasteiger partial charge in [0.25, 0.3) is 0 Å². The third-order valence-corrected chi connectivity index (χ3v) is 6.65. The minimum absolute atomic E-state index is 0.0518. The molecule has 148 valence electrons. The summed E-state index contributed by atoms with van der Waals surface area (Å²) in [6.45, 7) is 1.88. The molecule has 0 unspecified atom stereocenters. The van der Waals surface area contributed by atoms with E-state index in [0.29, 0.717) is 6.54 Å². The number of benzene rings is 1. The second-order valence-corrected chi connectivity index (χ2v) is 9.06. The fourth-order valence-corrected chi connectivity index (χ4v) is 4.87. The van der Waals surface area contributed by atoms with Gasteiger partial charge in [0.1, 0.15) is 0 Å². The Labute approximate surface area is 160 Å². The first-order valence-electron chi connectivity index (χ1n) is 9.57. The minimum Gasteiger partial charge on any atom is -0.352 e. The first-order valence-corrected chi connectivity index (χ1v) is 11.1. The summed E-state index contributed by atoms with van der Waals surface area (Å²) in [7, 11) is -3.78. The van der Waals surface area contributed by atoms with E-state index in [4.69, 9.17) is 0 Å². The summed E-state index contributed by atoms with van der Waals surface area (Å²) in [5.41, 5.74) is 1.61. The third-order valence-electron chi connectivity index (χ3n) is 5.25. The molecular weight excluding hydrogens is 366 g/mol. The summed E-state index contributed by atoms with van der Waals surface area (Å²) in [6, 6.07) is 4.91. The summed E-state index contributed by atoms with van der Waals surface area (Å²) in [4.78, 5) is 25.6. The Kier molecular flexibility index (Phi) is 6.16. The van der Waals surface area contributed by atoms with Gasteiger partial charge in [0.15, 0.2) is 0 Å². The van der Waals surface area contributed by atoms with Crippen LogP contribution in [0.3, 0.4) is 0 Å². The molecule has 1 fully saturated rings. The molecule has 1 heterocycles. The monoisotopic (exact) mass is 393 g/mol. The van der Waals surface area contributed by atoms with Crippen molar-refractivity contribution in [1.29, 1.82) is 0 Å². The molecule has 7 nitrogen and oxygen atoms in total. The zero-order valence-electron chi connectivity index (χ0n) is 15.7. The van der Waals surface area contributed by atoms with Gasteiger partial charge in [0.05, 0.1) is 11.4 Å². The average molecular weight is 394 g/mol. The Bertz CT molecular complexity index is 816. The zero-order chi connectivity index (χ0) is 19.4. The number of nitrogens with one attached hydrogen (secondary N) is 2. The van der Waals surface area contributed by atoms with Crippen LogP contribution >= 0.6 is 0 Å². The zero-order valence-corrected chi connectivity index (χ0v) is 16.5. The lowest BCUT2D eigenvalue weighted by Crippen LogP contribution is -2.42. The Morgan fingerprint density at radius 1 is 1.15 bits per heavy atom. The van der Waals surface area contributed by atoms with E-state index >= 15 is 0 Å². The van der Waals surface area contributed by atoms with Crippen LogP contribution in [-0.2, 0) is 26.0 Å². The number of carbonyl (C=O) groups is 2. The van der Waals surface area contributed by atoms with Gasteiger partial charge >= 0.3 is 0 Å². The van der Waals surface area contributed by atoms with Crippen LogP contribution in [0.1, 0.15) is 51.0 Å². The summed E-state index contributed by atoms with van der Waals surface area (Å²) in [6.07, 6.45) is 6.83. The second-order valence-electron chi connectivity index (χ2n) is 7.29. The molecule has 0 bridgehead atoms. The number of hydrogen-bond donors (Lipinski definition) is 2. The maximum absolute atomic E-state index is 12.6. The van der Waals surface area contributed by atoms with Gasteiger partial charge in [0.2, 0.25) is 21.8 Å². The van der Waals surface area contributed by atoms with Crippen molar-refractivity contribution in [2.24, 2.45) is 0 Å². The molecule has 0 aromatic heterocycles. The highest BCUT2D eigenvalue weighted by Crippen LogP contribution is 2.29. The number of carbonyl (C=O) groups excluding carboxylic acids is 2. The molecule has 0 spiro atoms. The largest absolute Gasteiger partial charge is 0.352 e. The van der Waals surface area contributed by atoms with Crippen LogP contribution in [-0.4, -0.2) is 39.4 Å². The lowest BCUT2D eigenvalue weighted by molar-refractivity contribution is -0.121. The van der Waals surface area contributed by atoms with Crippen LogP contribution in [0.5, 0.6) is 0 Å². The van der Waals surface area contributed by atoms with Crippen molar-refractivity contribution in [2.45, 2.75) is 62.8 Å². The van der Waals surface area contributed by atoms with Crippen LogP contribution in [0.4, 0.5) is 5.69 Å². The topological polar surface area (TPSA) is 95.6 Å². The number of sulfonamides is 1. The number of aryl methyl sites for hydroxylation is 1. The lowest BCUT2D eigenvalue weighted by atomic mass is 9.95. The van der Waals surface area contributed by atoms with Gasteiger partial charge < -0.3 is 10.2 Å². The summed E-state index contributed by atoms with van der Waals surface area (Å²) >= 11 is 0. The normalized spacial score (nSPS) is 18.0. The molecule has 2 aliphatic rings. The molecule has 2 N–H and O–H groups in total. The van der Waals surface area contributed by atoms with Crippen LogP contribution < -0.4 is 14.9 Å². The standard InChI is InChI=1S/C19H27N3O4S/c1-14(23)22-11-5-6-15-12-17(9-10-18(15)22)27(25,26)20-13-19(24)21-16-7-3-2-4-8-16/h9-10,12,16,20H,2-8,11,13H2,1H3,(H,21,24). The van der Waals surface area contributed by atoms with Crippen molar-refractivity contribution in [3.8, 4) is 0 Å². The van der Waals surface area contributed by atoms with E-state index in [1.54, 1.807) is 17.0 Å². The predicted octanol–water partition coefficient (Wildman–Crippen LogP) is 1.71. The van der Waals surface area contributed by atoms with E-state index in [9.17, 15) is 18.0 Å². The van der Waals surface area contributed by atoms with Gasteiger partial charge in [0, 0.05) is 25.2 Å². The number of hydrogen-bond acceptors (Lipinski definition) is 4. The molecule has 0 radical (unpaired) electrons. The quantitative estimate of drug-likeness (QED) is 0.796. The lowest BCUT2D eigenvalue weighted by Gasteiger charge is -2.28. The highest BCUT2D eigenvalue weighted by atomic mass is 32.2. The number of anilines is 1. The molecule has 1 saturated carbocycles. The molecule has 1 aromatic rings. The minimum atomic E-state index is -3.78. The second kappa shape index (κ2) is 8.39. The predicted molar refractivity (Wildman–Crippen MR) is 103 cm³/mol. The molecule has 2 amide bonds. The van der Waals surface area contributed by atoms with Gasteiger partial charge in [-0.3, -0.25) is 9.59 Å². The van der Waals surface area contributed by atoms with Gasteiger partial charge in [-0.15, -0.1) is 0 Å². The summed E-state index contributed by atoms with van der Waals surface area (Å²) in [5.74, 6) is -0.352. The Morgan fingerprint density at radius 2 is 1.89 bits per heavy atom. The Balaban J connectivity index is 1.64. The van der Waals surface area contributed by atoms with Crippen LogP contribution in [0.2, 0.25) is 0 Å². The third kappa shape index (κ3) is 4.87. The van der Waals surface area contributed by atoms with Crippen LogP contribution in [0.25, 0.3) is 0 Å². The highest BCUT2D eigenvalue weighted by molar-refractivity contribution is 7.89. The molecule has 27 heavy (non-hydrogen) atoms. The number of rotatable bonds is 5. The molecule has 8 heteroatoms. The average Bonchev–Trinajstić information content (AvgIpc) is 2.66. The molecular formula is C19H27N3O4S. The van der Waals surface area contributed by atoms with E-state index in [2.05, 4.69) is 10.0 Å². The van der Waals surface area contributed by atoms with Gasteiger partial charge in [-0.25, -0.2) is 13.1 Å². The number of nitrogens with zero attached hydrogens (tertiary/aromatic N) is 1. The van der Waals surface area contributed by atoms with E-state index in [-0.39, 0.29) is 29.3 Å². The first-order chi connectivity index (χ1) is 12.9. The van der Waals surface area contributed by atoms with E-state index in [1.165, 1.54) is 19.4 Å². The molecule has 1 aliphatic carbocycles. The summed E-state index contributed by atoms with van der Waals surface area (Å²) < 4.78 is 27.5. The van der Waals surface area contributed by atoms with Crippen LogP contribution in [0.15, 0.2) is 23.1 Å². The fraction of sp³-hybridized carbons (Fsp3) is 0.579. The summed E-state index contributed by atoms with van der Waals surface area (Å²) in [5, 5.41) is 2.90. The van der Waals surface area contributed by atoms with Gasteiger partial charge in [-0.05, 0) is 49.4 Å². The smallest absolute Gasteiger partial charge is 0.241 e. The van der Waals surface area contributed by atoms with Crippen molar-refractivity contribution in [2.75, 3.05) is 18.0 Å². The van der Waals surface area contributed by atoms with E-state index < -0.39 is 10.0 Å². The van der Waals surface area contributed by atoms with Crippen molar-refractivity contribution in [3.63, 3.8) is 0 Å². The van der Waals surface area contributed by atoms with Crippen molar-refractivity contribution in [3.05, 3.63) is 23.8 Å².